The number of nitrogens with two attached hydrogens (primary N) is 2. The predicted molar refractivity (Wildman–Crippen MR) is 294 cm³/mol. The number of thioether (sulfide) groups is 1. The molecule has 1 aliphatic rings. The van der Waals surface area contributed by atoms with Crippen molar-refractivity contribution < 1.29 is 41.2 Å². The molecule has 22 nitrogen and oxygen atoms in total. The molecule has 7 rings (SSSR count). The molecule has 0 bridgehead atoms. The summed E-state index contributed by atoms with van der Waals surface area (Å²) in [4.78, 5) is 49.9. The Balaban J connectivity index is 0.000000260. The van der Waals surface area contributed by atoms with E-state index >= 15 is 0 Å². The first-order chi connectivity index (χ1) is 36.1. The third-order valence-electron chi connectivity index (χ3n) is 11.4. The molecule has 25 heteroatoms. The molecule has 0 saturated heterocycles. The molecular formula is C51H63N13O9S3. The van der Waals surface area contributed by atoms with Crippen molar-refractivity contribution in [3.63, 3.8) is 0 Å². The number of carbonyl (C=O) groups is 2. The van der Waals surface area contributed by atoms with Crippen molar-refractivity contribution in [1.29, 1.82) is 5.26 Å². The molecule has 0 aliphatic carbocycles. The number of hydrogen-bond donors (Lipinski definition) is 5. The first kappa shape index (κ1) is 60.8. The van der Waals surface area contributed by atoms with Gasteiger partial charge in [-0.25, -0.2) is 43.5 Å². The second-order valence-corrected chi connectivity index (χ2v) is 22.1. The Morgan fingerprint density at radius 3 is 1.51 bits per heavy atom. The lowest BCUT2D eigenvalue weighted by Gasteiger charge is -2.32. The molecule has 0 radical (unpaired) electrons. The van der Waals surface area contributed by atoms with Crippen molar-refractivity contribution in [2.45, 2.75) is 82.6 Å². The average molecular weight is 1100 g/mol. The van der Waals surface area contributed by atoms with Crippen LogP contribution in [0.5, 0.6) is 23.0 Å². The van der Waals surface area contributed by atoms with Gasteiger partial charge in [-0.3, -0.25) is 25.0 Å². The van der Waals surface area contributed by atoms with E-state index in [9.17, 15) is 22.2 Å². The van der Waals surface area contributed by atoms with Gasteiger partial charge >= 0.3 is 0 Å². The highest BCUT2D eigenvalue weighted by atomic mass is 32.2. The fourth-order valence-electron chi connectivity index (χ4n) is 6.73. The van der Waals surface area contributed by atoms with Gasteiger partial charge in [0, 0.05) is 61.4 Å². The van der Waals surface area contributed by atoms with Crippen LogP contribution in [0.1, 0.15) is 94.1 Å². The smallest absolute Gasteiger partial charge is 0.266 e. The summed E-state index contributed by atoms with van der Waals surface area (Å²) in [6.45, 7) is 14.5. The monoisotopic (exact) mass is 1100 g/mol. The number of para-hydroxylation sites is 1. The molecule has 5 atom stereocenters. The molecule has 6 aromatic rings. The molecule has 7 N–H and O–H groups in total. The highest BCUT2D eigenvalue weighted by Crippen LogP contribution is 2.38. The summed E-state index contributed by atoms with van der Waals surface area (Å²) >= 11 is 1.03. The summed E-state index contributed by atoms with van der Waals surface area (Å²) in [6, 6.07) is 14.1. The molecule has 0 spiro atoms. The summed E-state index contributed by atoms with van der Waals surface area (Å²) in [7, 11) is -0.397. The van der Waals surface area contributed by atoms with Gasteiger partial charge in [0.25, 0.3) is 11.8 Å². The van der Waals surface area contributed by atoms with Gasteiger partial charge in [-0.1, -0.05) is 26.0 Å². The number of primary sulfonamides is 1. The van der Waals surface area contributed by atoms with Crippen molar-refractivity contribution >= 4 is 59.8 Å². The molecule has 404 valence electrons. The number of hydrazine groups is 1. The number of amidine groups is 1. The zero-order valence-corrected chi connectivity index (χ0v) is 46.6. The van der Waals surface area contributed by atoms with Crippen molar-refractivity contribution in [1.82, 2.24) is 40.6 Å². The fourth-order valence-corrected chi connectivity index (χ4v) is 10.2. The number of nitrogens with one attached hydrogen (secondary N) is 3. The molecular weight excluding hydrogens is 1030 g/mol. The van der Waals surface area contributed by atoms with Crippen molar-refractivity contribution in [3.05, 3.63) is 143 Å². The number of rotatable bonds is 14. The number of amides is 2. The molecule has 76 heavy (non-hydrogen) atoms. The first-order valence-corrected chi connectivity index (χ1v) is 27.1. The number of benzene rings is 2. The Bertz CT molecular complexity index is 3230. The number of nitrogens with zero attached hydrogens (tertiary/aromatic N) is 8. The van der Waals surface area contributed by atoms with Gasteiger partial charge in [0.15, 0.2) is 10.8 Å². The van der Waals surface area contributed by atoms with Crippen LogP contribution >= 0.6 is 11.8 Å². The van der Waals surface area contributed by atoms with Crippen LogP contribution in [-0.2, 0) is 19.7 Å². The average Bonchev–Trinajstić information content (AvgIpc) is 3.41. The second kappa shape index (κ2) is 28.2. The summed E-state index contributed by atoms with van der Waals surface area (Å²) in [5, 5.41) is 20.4. The Hall–Kier alpha value is -7.76. The summed E-state index contributed by atoms with van der Waals surface area (Å²) in [5.74, 6) is 7.20. The molecule has 1 unspecified atom stereocenters. The maximum absolute atomic E-state index is 14.3. The summed E-state index contributed by atoms with van der Waals surface area (Å²) in [5.41, 5.74) is 6.99. The highest BCUT2D eigenvalue weighted by Gasteiger charge is 2.39. The number of pyridine rings is 2. The molecule has 1 aliphatic heterocycles. The molecule has 0 saturated carbocycles. The number of carbonyl (C=O) groups excluding carboxylic acids is 2. The number of aryl methyl sites for hydroxylation is 4. The van der Waals surface area contributed by atoms with E-state index in [4.69, 9.17) is 35.2 Å². The lowest BCUT2D eigenvalue weighted by atomic mass is 10.1. The molecule has 4 aromatic heterocycles. The van der Waals surface area contributed by atoms with E-state index in [1.54, 1.807) is 108 Å². The van der Waals surface area contributed by atoms with Crippen molar-refractivity contribution in [2.75, 3.05) is 33.8 Å². The second-order valence-electron chi connectivity index (χ2n) is 16.9. The van der Waals surface area contributed by atoms with Gasteiger partial charge in [0.05, 0.1) is 50.1 Å². The maximum Gasteiger partial charge on any atom is 0.266 e. The van der Waals surface area contributed by atoms with Gasteiger partial charge in [-0.2, -0.15) is 9.66 Å². The van der Waals surface area contributed by atoms with E-state index in [2.05, 4.69) is 44.9 Å². The third kappa shape index (κ3) is 16.1. The van der Waals surface area contributed by atoms with Crippen LogP contribution in [0.15, 0.2) is 107 Å². The molecule has 2 amide bonds. The van der Waals surface area contributed by atoms with Crippen LogP contribution < -0.4 is 46.0 Å². The van der Waals surface area contributed by atoms with E-state index in [1.165, 1.54) is 26.6 Å². The molecule has 5 heterocycles. The minimum absolute atomic E-state index is 0.193. The zero-order chi connectivity index (χ0) is 56.3. The Kier molecular flexibility index (Phi) is 22.6. The van der Waals surface area contributed by atoms with Crippen LogP contribution in [-0.4, -0.2) is 104 Å². The van der Waals surface area contributed by atoms with Gasteiger partial charge in [-0.05, 0) is 112 Å². The van der Waals surface area contributed by atoms with Gasteiger partial charge in [-0.15, -0.1) is 0 Å². The van der Waals surface area contributed by atoms with E-state index < -0.39 is 36.1 Å². The first-order valence-electron chi connectivity index (χ1n) is 23.1. The third-order valence-corrected chi connectivity index (χ3v) is 16.3. The normalized spacial score (nSPS) is 14.9. The Morgan fingerprint density at radius 2 is 1.11 bits per heavy atom. The maximum atomic E-state index is 14.3. The highest BCUT2D eigenvalue weighted by molar-refractivity contribution is 8.05. The number of methoxy groups -OCH3 is 4. The van der Waals surface area contributed by atoms with Crippen molar-refractivity contribution in [2.24, 2.45) is 15.4 Å². The number of hydrogen-bond acceptors (Lipinski definition) is 19. The summed E-state index contributed by atoms with van der Waals surface area (Å²) < 4.78 is 62.2. The largest absolute Gasteiger partial charge is 0.495 e. The summed E-state index contributed by atoms with van der Waals surface area (Å²) in [6.07, 6.45) is 13.0. The molecule has 0 fully saturated rings. The predicted octanol–water partition coefficient (Wildman–Crippen LogP) is 6.12. The number of thiocyanates is 1. The van der Waals surface area contributed by atoms with Crippen LogP contribution in [0.4, 0.5) is 5.69 Å². The lowest BCUT2D eigenvalue weighted by Crippen LogP contribution is -2.52. The quantitative estimate of drug-likeness (QED) is 0.0205. The van der Waals surface area contributed by atoms with Gasteiger partial charge < -0.3 is 29.6 Å². The lowest BCUT2D eigenvalue weighted by molar-refractivity contribution is 0.0950. The number of aromatic nitrogens is 6. The number of sulfonamides is 1. The number of anilines is 1. The fraction of sp³-hybridized carbons (Fsp3) is 0.314. The van der Waals surface area contributed by atoms with Crippen molar-refractivity contribution in [3.8, 4) is 28.4 Å². The van der Waals surface area contributed by atoms with E-state index in [0.717, 1.165) is 38.9 Å². The van der Waals surface area contributed by atoms with E-state index in [1.807, 2.05) is 58.4 Å². The standard InChI is InChI=1S/C26H30N6O4S.C9H15N3O2S.C9H9NO2S.C7H9N3O/c1-15-10-19(14-27-11-15)25(33)31-26-24(30-22-20(35-5)8-7-9-21(22)36-6)32-37(26,34)18(4)17(3)23-28-12-16(2)13-29-23;1-6-4-11-9(12-5-6)7(2)8(3)15(10,13)14;1-11-7-4-3-5-8(12-2)9(7)13-6-10;1-5-2-6(4-9-3-5)7(11)10-8/h7-14,17-18H,1-6H3,(H,31,33)(H,30,32,34);4-5,7-8H,1-3H3,(H2,10,13,14);3-5H,1-2H3;2-4H,8H2,1H3,(H,10,11)/t17-,18-,37?;7-,8-;;/m00../s1. The SMILES string of the molecule is COc1cccc(OC)c1NC1=NS(=O)([C@@H](C)[C@H](C)c2ncc(C)cn2)=C1NC(=O)c1cncc(C)c1.COc1cccc(OC)c1SC#N.Cc1cnc([C@@H](C)[C@H](C)S(N)(=O)=O)nc1.Cc1cncc(C(=O)NN)c1. The Morgan fingerprint density at radius 1 is 0.671 bits per heavy atom. The van der Waals surface area contributed by atoms with E-state index in [-0.39, 0.29) is 28.6 Å². The number of ether oxygens (including phenoxy) is 4. The van der Waals surface area contributed by atoms with Crippen LogP contribution in [0, 0.1) is 38.4 Å². The minimum atomic E-state index is -3.54. The number of nitrogen functional groups attached to an aromatic ring is 1. The van der Waals surface area contributed by atoms with Gasteiger partial charge in [0.1, 0.15) is 60.3 Å². The van der Waals surface area contributed by atoms with Crippen LogP contribution in [0.25, 0.3) is 0 Å². The number of nitriles is 1. The minimum Gasteiger partial charge on any atom is -0.495 e. The Labute approximate surface area is 448 Å². The van der Waals surface area contributed by atoms with E-state index in [0.29, 0.717) is 51.5 Å². The topological polar surface area (TPSA) is 324 Å². The van der Waals surface area contributed by atoms with Crippen LogP contribution in [0.3, 0.4) is 0 Å². The van der Waals surface area contributed by atoms with Gasteiger partial charge in [0.2, 0.25) is 10.0 Å². The van der Waals surface area contributed by atoms with Crippen LogP contribution in [0.2, 0.25) is 0 Å². The zero-order valence-electron chi connectivity index (χ0n) is 44.2. The molecule has 2 aromatic carbocycles.